The molecule has 0 amide bonds. The summed E-state index contributed by atoms with van der Waals surface area (Å²) in [4.78, 5) is 14.1. The van der Waals surface area contributed by atoms with Gasteiger partial charge in [-0.15, -0.1) is 0 Å². The molecular formula is C29H38ClN7O3S. The summed E-state index contributed by atoms with van der Waals surface area (Å²) in [7, 11) is 3.89. The number of hydrogen-bond donors (Lipinski definition) is 4. The van der Waals surface area contributed by atoms with Crippen molar-refractivity contribution in [1.29, 1.82) is 0 Å². The first-order valence-electron chi connectivity index (χ1n) is 14.0. The molecule has 2 saturated heterocycles. The average molecular weight is 600 g/mol. The minimum absolute atomic E-state index is 0.195. The fraction of sp³-hybridized carbons (Fsp3) is 0.448. The lowest BCUT2D eigenvalue weighted by atomic mass is 9.87. The second-order valence-corrected chi connectivity index (χ2v) is 11.9. The van der Waals surface area contributed by atoms with E-state index in [1.54, 1.807) is 7.11 Å². The highest BCUT2D eigenvalue weighted by molar-refractivity contribution is 7.77. The number of halogens is 1. The summed E-state index contributed by atoms with van der Waals surface area (Å²) in [5, 5.41) is 6.84. The van der Waals surface area contributed by atoms with Crippen molar-refractivity contribution >= 4 is 46.0 Å². The molecular weight excluding hydrogens is 562 g/mol. The van der Waals surface area contributed by atoms with Gasteiger partial charge in [-0.1, -0.05) is 35.9 Å². The van der Waals surface area contributed by atoms with E-state index in [4.69, 9.17) is 20.9 Å². The average Bonchev–Trinajstić information content (AvgIpc) is 2.99. The molecule has 0 saturated carbocycles. The maximum absolute atomic E-state index is 11.1. The molecule has 3 heterocycles. The second-order valence-electron chi connectivity index (χ2n) is 10.7. The Balaban J connectivity index is 1.25. The van der Waals surface area contributed by atoms with Gasteiger partial charge in [0.2, 0.25) is 17.2 Å². The summed E-state index contributed by atoms with van der Waals surface area (Å²) in [5.41, 5.74) is 3.56. The van der Waals surface area contributed by atoms with E-state index in [9.17, 15) is 4.21 Å². The first-order valence-corrected chi connectivity index (χ1v) is 15.5. The maximum Gasteiger partial charge on any atom is 0.232 e. The van der Waals surface area contributed by atoms with Crippen LogP contribution in [0.2, 0.25) is 5.02 Å². The molecule has 0 bridgehead atoms. The van der Waals surface area contributed by atoms with Crippen LogP contribution in [0.3, 0.4) is 0 Å². The molecule has 10 nitrogen and oxygen atoms in total. The van der Waals surface area contributed by atoms with Crippen molar-refractivity contribution in [3.63, 3.8) is 0 Å². The summed E-state index contributed by atoms with van der Waals surface area (Å²) in [6, 6.07) is 14.5. The normalized spacial score (nSPS) is 18.2. The number of benzene rings is 2. The van der Waals surface area contributed by atoms with E-state index in [1.807, 2.05) is 30.3 Å². The van der Waals surface area contributed by atoms with Crippen molar-refractivity contribution in [2.45, 2.75) is 44.2 Å². The number of ether oxygens (including phenoxy) is 1. The molecule has 3 aromatic rings. The number of anilines is 4. The number of methoxy groups -OCH3 is 1. The van der Waals surface area contributed by atoms with E-state index < -0.39 is 11.3 Å². The largest absolute Gasteiger partial charge is 0.495 e. The van der Waals surface area contributed by atoms with Gasteiger partial charge in [0.1, 0.15) is 10.8 Å². The van der Waals surface area contributed by atoms with E-state index in [0.717, 1.165) is 49.0 Å². The fourth-order valence-corrected chi connectivity index (χ4v) is 6.14. The number of aromatic nitrogens is 2. The number of para-hydroxylation sites is 1. The third-order valence-electron chi connectivity index (χ3n) is 8.08. The zero-order valence-electron chi connectivity index (χ0n) is 23.5. The number of likely N-dealkylation sites (tertiary alicyclic amines) is 2. The Morgan fingerprint density at radius 1 is 1.05 bits per heavy atom. The summed E-state index contributed by atoms with van der Waals surface area (Å²) >= 11 is 4.29. The van der Waals surface area contributed by atoms with Crippen LogP contribution < -0.4 is 20.1 Å². The Bertz CT molecular complexity index is 1350. The lowest BCUT2D eigenvalue weighted by molar-refractivity contribution is 0.0966. The topological polar surface area (TPSA) is 115 Å². The van der Waals surface area contributed by atoms with E-state index in [1.165, 1.54) is 37.7 Å². The lowest BCUT2D eigenvalue weighted by Gasteiger charge is -2.41. The molecule has 220 valence electrons. The molecule has 2 aliphatic rings. The Morgan fingerprint density at radius 3 is 2.54 bits per heavy atom. The molecule has 0 aliphatic carbocycles. The Kier molecular flexibility index (Phi) is 10.1. The van der Waals surface area contributed by atoms with Gasteiger partial charge < -0.3 is 25.2 Å². The van der Waals surface area contributed by atoms with Gasteiger partial charge in [-0.05, 0) is 94.2 Å². The van der Waals surface area contributed by atoms with Crippen LogP contribution in [0.5, 0.6) is 5.75 Å². The molecule has 12 heteroatoms. The molecule has 41 heavy (non-hydrogen) atoms. The molecule has 1 unspecified atom stereocenters. The van der Waals surface area contributed by atoms with Crippen LogP contribution in [-0.4, -0.2) is 74.9 Å². The van der Waals surface area contributed by atoms with Crippen LogP contribution in [0, 0.1) is 0 Å². The van der Waals surface area contributed by atoms with Gasteiger partial charge in [0.25, 0.3) is 0 Å². The monoisotopic (exact) mass is 599 g/mol. The number of nitrogens with zero attached hydrogens (tertiary/aromatic N) is 4. The quantitative estimate of drug-likeness (QED) is 0.236. The van der Waals surface area contributed by atoms with Gasteiger partial charge in [-0.25, -0.2) is 13.9 Å². The molecule has 4 N–H and O–H groups in total. The van der Waals surface area contributed by atoms with Gasteiger partial charge in [0.15, 0.2) is 5.82 Å². The minimum Gasteiger partial charge on any atom is -0.495 e. The SMILES string of the molecule is COc1cc(C2CCN(C3CCN(C)CC3)CC2)ccc1Nc1ncc(Cl)c(Nc2ccccc2CNS(=O)O)n1. The lowest BCUT2D eigenvalue weighted by Crippen LogP contribution is -2.46. The molecule has 1 atom stereocenters. The fourth-order valence-electron chi connectivity index (χ4n) is 5.72. The van der Waals surface area contributed by atoms with E-state index in [0.29, 0.717) is 28.4 Å². The predicted molar refractivity (Wildman–Crippen MR) is 165 cm³/mol. The van der Waals surface area contributed by atoms with Crippen LogP contribution >= 0.6 is 11.6 Å². The Morgan fingerprint density at radius 2 is 1.80 bits per heavy atom. The van der Waals surface area contributed by atoms with Gasteiger partial charge in [-0.2, -0.15) is 4.98 Å². The molecule has 0 spiro atoms. The summed E-state index contributed by atoms with van der Waals surface area (Å²) in [5.74, 6) is 2.03. The predicted octanol–water partition coefficient (Wildman–Crippen LogP) is 5.13. The number of nitrogens with one attached hydrogen (secondary N) is 3. The van der Waals surface area contributed by atoms with Gasteiger partial charge >= 0.3 is 0 Å². The highest BCUT2D eigenvalue weighted by Crippen LogP contribution is 2.36. The number of hydrogen-bond acceptors (Lipinski definition) is 8. The first kappa shape index (κ1) is 29.7. The Labute approximate surface area is 249 Å². The van der Waals surface area contributed by atoms with E-state index in [2.05, 4.69) is 54.3 Å². The number of rotatable bonds is 10. The smallest absolute Gasteiger partial charge is 0.232 e. The van der Waals surface area contributed by atoms with Gasteiger partial charge in [0, 0.05) is 18.3 Å². The maximum atomic E-state index is 11.1. The highest BCUT2D eigenvalue weighted by Gasteiger charge is 2.28. The van der Waals surface area contributed by atoms with Crippen LogP contribution in [0.15, 0.2) is 48.7 Å². The summed E-state index contributed by atoms with van der Waals surface area (Å²) in [6.45, 7) is 4.88. The van der Waals surface area contributed by atoms with Crippen LogP contribution in [0.25, 0.3) is 0 Å². The molecule has 2 aliphatic heterocycles. The number of piperidine rings is 2. The minimum atomic E-state index is -2.12. The summed E-state index contributed by atoms with van der Waals surface area (Å²) in [6.07, 6.45) is 6.39. The van der Waals surface area contributed by atoms with Crippen molar-refractivity contribution < 1.29 is 13.5 Å². The van der Waals surface area contributed by atoms with Gasteiger partial charge in [-0.3, -0.25) is 4.55 Å². The van der Waals surface area contributed by atoms with Crippen LogP contribution in [0.4, 0.5) is 23.1 Å². The van der Waals surface area contributed by atoms with Crippen molar-refractivity contribution in [3.05, 3.63) is 64.8 Å². The standard InChI is InChI=1S/C29H38ClN7O3S/c1-36-13-11-23(12-14-36)37-15-9-20(10-16-37)21-7-8-26(27(17-21)40-2)34-29-31-19-24(30)28(35-29)33-25-6-4-3-5-22(25)18-32-41(38)39/h3-8,17,19-20,23,32H,9-16,18H2,1-2H3,(H,38,39)(H2,31,33,34,35). The molecule has 2 aromatic carbocycles. The van der Waals surface area contributed by atoms with Crippen LogP contribution in [-0.2, 0) is 17.8 Å². The van der Waals surface area contributed by atoms with E-state index >= 15 is 0 Å². The van der Waals surface area contributed by atoms with E-state index in [-0.39, 0.29) is 6.54 Å². The molecule has 0 radical (unpaired) electrons. The zero-order chi connectivity index (χ0) is 28.8. The zero-order valence-corrected chi connectivity index (χ0v) is 25.0. The van der Waals surface area contributed by atoms with Crippen molar-refractivity contribution in [2.75, 3.05) is 51.0 Å². The van der Waals surface area contributed by atoms with Gasteiger partial charge in [0.05, 0.1) is 19.0 Å². The van der Waals surface area contributed by atoms with Crippen LogP contribution in [0.1, 0.15) is 42.7 Å². The van der Waals surface area contributed by atoms with Crippen molar-refractivity contribution in [3.8, 4) is 5.75 Å². The second kappa shape index (κ2) is 13.9. The third kappa shape index (κ3) is 7.73. The molecule has 5 rings (SSSR count). The Hall–Kier alpha value is -2.80. The highest BCUT2D eigenvalue weighted by atomic mass is 35.5. The first-order chi connectivity index (χ1) is 19.9. The van der Waals surface area contributed by atoms with Crippen molar-refractivity contribution in [2.24, 2.45) is 0 Å². The third-order valence-corrected chi connectivity index (χ3v) is 8.75. The van der Waals surface area contributed by atoms with Crippen molar-refractivity contribution in [1.82, 2.24) is 24.5 Å². The summed E-state index contributed by atoms with van der Waals surface area (Å²) < 4.78 is 28.4. The molecule has 1 aromatic heterocycles. The molecule has 2 fully saturated rings.